The Morgan fingerprint density at radius 3 is 2.71 bits per heavy atom. The minimum Gasteiger partial charge on any atom is -0.299 e. The molecule has 0 radical (unpaired) electrons. The maximum atomic E-state index is 12.5. The van der Waals surface area contributed by atoms with E-state index in [1.165, 1.54) is 44.9 Å². The monoisotopic (exact) mass is 236 g/mol. The van der Waals surface area contributed by atoms with Gasteiger partial charge in [0.15, 0.2) is 0 Å². The predicted octanol–water partition coefficient (Wildman–Crippen LogP) is 4.74. The highest BCUT2D eigenvalue weighted by Crippen LogP contribution is 2.54. The van der Waals surface area contributed by atoms with Gasteiger partial charge < -0.3 is 0 Å². The molecule has 98 valence electrons. The largest absolute Gasteiger partial charge is 0.299 e. The lowest BCUT2D eigenvalue weighted by Crippen LogP contribution is -2.47. The smallest absolute Gasteiger partial charge is 0.139 e. The summed E-state index contributed by atoms with van der Waals surface area (Å²) in [6.07, 6.45) is 12.2. The summed E-state index contributed by atoms with van der Waals surface area (Å²) in [7, 11) is 0. The minimum absolute atomic E-state index is 0.116. The van der Waals surface area contributed by atoms with E-state index in [0.29, 0.717) is 5.78 Å². The molecule has 17 heavy (non-hydrogen) atoms. The van der Waals surface area contributed by atoms with Crippen LogP contribution in [-0.2, 0) is 4.79 Å². The van der Waals surface area contributed by atoms with Gasteiger partial charge in [-0.2, -0.15) is 0 Å². The van der Waals surface area contributed by atoms with Crippen LogP contribution in [0.2, 0.25) is 0 Å². The summed E-state index contributed by atoms with van der Waals surface area (Å²) in [6.45, 7) is 4.54. The number of carbonyl (C=O) groups is 1. The maximum absolute atomic E-state index is 12.5. The van der Waals surface area contributed by atoms with Crippen molar-refractivity contribution in [2.45, 2.75) is 78.1 Å². The molecule has 0 spiro atoms. The van der Waals surface area contributed by atoms with Crippen molar-refractivity contribution in [2.24, 2.45) is 17.3 Å². The summed E-state index contributed by atoms with van der Waals surface area (Å²) in [6, 6.07) is 0. The molecule has 0 aliphatic heterocycles. The Morgan fingerprint density at radius 1 is 1.18 bits per heavy atom. The molecule has 0 amide bonds. The number of Topliss-reactive ketones (excluding diaryl/α,β-unsaturated/α-hetero) is 1. The molecule has 0 unspecified atom stereocenters. The van der Waals surface area contributed by atoms with E-state index < -0.39 is 0 Å². The first-order valence-electron chi connectivity index (χ1n) is 7.78. The van der Waals surface area contributed by atoms with E-state index in [1.807, 2.05) is 0 Å². The van der Waals surface area contributed by atoms with Crippen molar-refractivity contribution in [3.05, 3.63) is 0 Å². The van der Waals surface area contributed by atoms with Gasteiger partial charge in [-0.3, -0.25) is 4.79 Å². The predicted molar refractivity (Wildman–Crippen MR) is 71.9 cm³/mol. The van der Waals surface area contributed by atoms with Crippen molar-refractivity contribution in [2.75, 3.05) is 0 Å². The van der Waals surface area contributed by atoms with Crippen LogP contribution in [0, 0.1) is 17.3 Å². The minimum atomic E-state index is 0.116. The lowest BCUT2D eigenvalue weighted by molar-refractivity contribution is -0.142. The molecular formula is C16H28O. The first-order chi connectivity index (χ1) is 8.24. The van der Waals surface area contributed by atoms with Crippen molar-refractivity contribution < 1.29 is 4.79 Å². The normalized spacial score (nSPS) is 37.9. The lowest BCUT2D eigenvalue weighted by Gasteiger charge is -2.50. The molecule has 2 aliphatic rings. The third kappa shape index (κ3) is 2.30. The average Bonchev–Trinajstić information content (AvgIpc) is 2.32. The van der Waals surface area contributed by atoms with E-state index in [-0.39, 0.29) is 5.41 Å². The van der Waals surface area contributed by atoms with Crippen LogP contribution in [-0.4, -0.2) is 5.78 Å². The maximum Gasteiger partial charge on any atom is 0.139 e. The number of carbonyl (C=O) groups excluding carboxylic acids is 1. The van der Waals surface area contributed by atoms with Crippen LogP contribution in [0.15, 0.2) is 0 Å². The van der Waals surface area contributed by atoms with Crippen LogP contribution in [0.25, 0.3) is 0 Å². The Labute approximate surface area is 106 Å². The number of rotatable bonds is 4. The number of hydrogen-bond donors (Lipinski definition) is 0. The van der Waals surface area contributed by atoms with Gasteiger partial charge in [0.1, 0.15) is 5.78 Å². The molecule has 0 aromatic heterocycles. The van der Waals surface area contributed by atoms with E-state index in [2.05, 4.69) is 13.8 Å². The third-order valence-corrected chi connectivity index (χ3v) is 5.31. The van der Waals surface area contributed by atoms with Crippen molar-refractivity contribution >= 4 is 5.78 Å². The fraction of sp³-hybridized carbons (Fsp3) is 0.938. The highest BCUT2D eigenvalue weighted by molar-refractivity contribution is 5.86. The van der Waals surface area contributed by atoms with E-state index in [9.17, 15) is 4.79 Å². The van der Waals surface area contributed by atoms with Crippen molar-refractivity contribution in [3.8, 4) is 0 Å². The SMILES string of the molecule is CCC[C@@H]1CCC[C@]2(CCC)C(=O)CCC[C@@H]12. The molecule has 0 bridgehead atoms. The summed E-state index contributed by atoms with van der Waals surface area (Å²) in [4.78, 5) is 12.5. The van der Waals surface area contributed by atoms with E-state index in [0.717, 1.165) is 31.1 Å². The second-order valence-corrected chi connectivity index (χ2v) is 6.27. The summed E-state index contributed by atoms with van der Waals surface area (Å²) in [5.41, 5.74) is 0.116. The topological polar surface area (TPSA) is 17.1 Å². The van der Waals surface area contributed by atoms with Gasteiger partial charge in [-0.1, -0.05) is 46.0 Å². The summed E-state index contributed by atoms with van der Waals surface area (Å²) in [5, 5.41) is 0. The van der Waals surface area contributed by atoms with Gasteiger partial charge >= 0.3 is 0 Å². The van der Waals surface area contributed by atoms with E-state index >= 15 is 0 Å². The molecule has 0 aromatic rings. The van der Waals surface area contributed by atoms with Crippen LogP contribution >= 0.6 is 0 Å². The molecule has 0 N–H and O–H groups in total. The van der Waals surface area contributed by atoms with Crippen molar-refractivity contribution in [3.63, 3.8) is 0 Å². The average molecular weight is 236 g/mol. The number of hydrogen-bond acceptors (Lipinski definition) is 1. The molecule has 2 aliphatic carbocycles. The molecule has 2 fully saturated rings. The van der Waals surface area contributed by atoms with E-state index in [4.69, 9.17) is 0 Å². The lowest BCUT2D eigenvalue weighted by atomic mass is 9.53. The molecule has 0 heterocycles. The van der Waals surface area contributed by atoms with Crippen LogP contribution in [0.5, 0.6) is 0 Å². The quantitative estimate of drug-likeness (QED) is 0.689. The standard InChI is InChI=1S/C16H28O/c1-3-7-13-8-6-12-16(11-4-2)14(13)9-5-10-15(16)17/h13-14H,3-12H2,1-2H3/t13-,14+,16+/m1/s1. The fourth-order valence-electron chi connectivity index (χ4n) is 4.72. The first-order valence-corrected chi connectivity index (χ1v) is 7.78. The fourth-order valence-corrected chi connectivity index (χ4v) is 4.72. The van der Waals surface area contributed by atoms with Gasteiger partial charge in [0.2, 0.25) is 0 Å². The number of ketones is 1. The number of fused-ring (bicyclic) bond motifs is 1. The molecule has 3 atom stereocenters. The van der Waals surface area contributed by atoms with E-state index in [1.54, 1.807) is 0 Å². The molecular weight excluding hydrogens is 208 g/mol. The van der Waals surface area contributed by atoms with Crippen LogP contribution < -0.4 is 0 Å². The zero-order chi connectivity index (χ0) is 12.3. The molecule has 2 rings (SSSR count). The summed E-state index contributed by atoms with van der Waals surface area (Å²) < 4.78 is 0. The second kappa shape index (κ2) is 5.54. The van der Waals surface area contributed by atoms with Crippen molar-refractivity contribution in [1.82, 2.24) is 0 Å². The van der Waals surface area contributed by atoms with Gasteiger partial charge in [0, 0.05) is 11.8 Å². The Balaban J connectivity index is 2.22. The van der Waals surface area contributed by atoms with Gasteiger partial charge in [-0.25, -0.2) is 0 Å². The van der Waals surface area contributed by atoms with Crippen molar-refractivity contribution in [1.29, 1.82) is 0 Å². The van der Waals surface area contributed by atoms with Gasteiger partial charge in [-0.05, 0) is 37.5 Å². The van der Waals surface area contributed by atoms with Crippen LogP contribution in [0.4, 0.5) is 0 Å². The zero-order valence-corrected chi connectivity index (χ0v) is 11.6. The first kappa shape index (κ1) is 13.1. The van der Waals surface area contributed by atoms with Gasteiger partial charge in [-0.15, -0.1) is 0 Å². The highest BCUT2D eigenvalue weighted by atomic mass is 16.1. The Kier molecular flexibility index (Phi) is 4.27. The van der Waals surface area contributed by atoms with Gasteiger partial charge in [0.05, 0.1) is 0 Å². The summed E-state index contributed by atoms with van der Waals surface area (Å²) in [5.74, 6) is 2.21. The third-order valence-electron chi connectivity index (χ3n) is 5.31. The Hall–Kier alpha value is -0.330. The van der Waals surface area contributed by atoms with Crippen LogP contribution in [0.3, 0.4) is 0 Å². The molecule has 2 saturated carbocycles. The second-order valence-electron chi connectivity index (χ2n) is 6.27. The molecule has 1 heteroatoms. The summed E-state index contributed by atoms with van der Waals surface area (Å²) >= 11 is 0. The van der Waals surface area contributed by atoms with Gasteiger partial charge in [0.25, 0.3) is 0 Å². The van der Waals surface area contributed by atoms with Crippen LogP contribution in [0.1, 0.15) is 78.1 Å². The zero-order valence-electron chi connectivity index (χ0n) is 11.6. The molecule has 0 saturated heterocycles. The molecule has 0 aromatic carbocycles. The molecule has 1 nitrogen and oxygen atoms in total. The Bertz CT molecular complexity index is 265. The Morgan fingerprint density at radius 2 is 2.00 bits per heavy atom. The highest BCUT2D eigenvalue weighted by Gasteiger charge is 2.50.